The summed E-state index contributed by atoms with van der Waals surface area (Å²) in [6.07, 6.45) is 1.32. The minimum Gasteiger partial charge on any atom is -0.389 e. The Kier molecular flexibility index (Phi) is 6.64. The molecule has 3 atom stereocenters. The van der Waals surface area contributed by atoms with Gasteiger partial charge in [-0.2, -0.15) is 0 Å². The normalized spacial score (nSPS) is 15.0. The summed E-state index contributed by atoms with van der Waals surface area (Å²) in [6, 6.07) is 18.3. The van der Waals surface area contributed by atoms with Crippen molar-refractivity contribution in [1.82, 2.24) is 9.55 Å². The third-order valence-electron chi connectivity index (χ3n) is 5.16. The van der Waals surface area contributed by atoms with E-state index in [2.05, 4.69) is 43.5 Å². The van der Waals surface area contributed by atoms with Gasteiger partial charge in [-0.3, -0.25) is 0 Å². The van der Waals surface area contributed by atoms with Gasteiger partial charge in [-0.15, -0.1) is 0 Å². The topological polar surface area (TPSA) is 47.3 Å². The Morgan fingerprint density at radius 1 is 1.00 bits per heavy atom. The molecule has 0 fully saturated rings. The number of imidazole rings is 1. The highest BCUT2D eigenvalue weighted by atomic mass is 16.5. The molecule has 144 valence electrons. The minimum atomic E-state index is -0.580. The summed E-state index contributed by atoms with van der Waals surface area (Å²) in [5, 5.41) is 10.7. The van der Waals surface area contributed by atoms with Gasteiger partial charge >= 0.3 is 0 Å². The largest absolute Gasteiger partial charge is 0.389 e. The molecule has 0 bridgehead atoms. The van der Waals surface area contributed by atoms with Crippen LogP contribution >= 0.6 is 0 Å². The maximum Gasteiger partial charge on any atom is 0.112 e. The van der Waals surface area contributed by atoms with Gasteiger partial charge in [0.05, 0.1) is 36.4 Å². The van der Waals surface area contributed by atoms with Gasteiger partial charge in [-0.05, 0) is 30.5 Å². The van der Waals surface area contributed by atoms with E-state index in [1.54, 1.807) is 0 Å². The number of aliphatic hydroxyl groups is 1. The molecule has 1 aromatic heterocycles. The molecular weight excluding hydrogens is 336 g/mol. The first-order chi connectivity index (χ1) is 13.1. The van der Waals surface area contributed by atoms with Crippen molar-refractivity contribution >= 4 is 11.0 Å². The second-order valence-corrected chi connectivity index (χ2v) is 7.17. The summed E-state index contributed by atoms with van der Waals surface area (Å²) in [6.45, 7) is 7.25. The van der Waals surface area contributed by atoms with Crippen LogP contribution in [-0.2, 0) is 11.3 Å². The van der Waals surface area contributed by atoms with E-state index in [0.29, 0.717) is 19.1 Å². The van der Waals surface area contributed by atoms with Gasteiger partial charge in [0.15, 0.2) is 0 Å². The lowest BCUT2D eigenvalue weighted by atomic mass is 10.1. The molecule has 1 N–H and O–H groups in total. The summed E-state index contributed by atoms with van der Waals surface area (Å²) >= 11 is 0. The van der Waals surface area contributed by atoms with Crippen LogP contribution in [0, 0.1) is 0 Å². The van der Waals surface area contributed by atoms with E-state index in [1.165, 1.54) is 0 Å². The number of nitrogens with zero attached hydrogens (tertiary/aromatic N) is 2. The molecule has 4 heteroatoms. The Labute approximate surface area is 161 Å². The van der Waals surface area contributed by atoms with Crippen LogP contribution in [0.2, 0.25) is 0 Å². The number of hydrogen-bond donors (Lipinski definition) is 1. The van der Waals surface area contributed by atoms with Gasteiger partial charge in [0.1, 0.15) is 5.82 Å². The lowest BCUT2D eigenvalue weighted by Crippen LogP contribution is -2.24. The minimum absolute atomic E-state index is 0.00872. The van der Waals surface area contributed by atoms with E-state index >= 15 is 0 Å². The number of rotatable bonds is 9. The molecule has 1 heterocycles. The third kappa shape index (κ3) is 4.57. The maximum atomic E-state index is 10.7. The van der Waals surface area contributed by atoms with Crippen molar-refractivity contribution < 1.29 is 9.84 Å². The van der Waals surface area contributed by atoms with Crippen LogP contribution < -0.4 is 0 Å². The number of fused-ring (bicyclic) bond motifs is 1. The third-order valence-corrected chi connectivity index (χ3v) is 5.16. The predicted octanol–water partition coefficient (Wildman–Crippen LogP) is 5.08. The van der Waals surface area contributed by atoms with E-state index in [0.717, 1.165) is 35.3 Å². The Bertz CT molecular complexity index is 844. The van der Waals surface area contributed by atoms with Crippen molar-refractivity contribution in [3.8, 4) is 0 Å². The van der Waals surface area contributed by atoms with Crippen LogP contribution in [-0.4, -0.2) is 27.4 Å². The molecule has 0 radical (unpaired) electrons. The number of para-hydroxylation sites is 2. The Balaban J connectivity index is 1.73. The summed E-state index contributed by atoms with van der Waals surface area (Å²) < 4.78 is 8.20. The lowest BCUT2D eigenvalue weighted by molar-refractivity contribution is -0.0175. The van der Waals surface area contributed by atoms with E-state index < -0.39 is 6.10 Å². The standard InChI is InChI=1S/C23H30N2O2/c1-4-17(3)23-24-20-13-9-10-14-21(20)25(23)15-19(26)16-27-22(5-2)18-11-7-6-8-12-18/h6-14,17,19,22,26H,4-5,15-16H2,1-3H3. The van der Waals surface area contributed by atoms with Gasteiger partial charge in [0.25, 0.3) is 0 Å². The van der Waals surface area contributed by atoms with Crippen LogP contribution in [0.4, 0.5) is 0 Å². The number of benzene rings is 2. The van der Waals surface area contributed by atoms with Crippen LogP contribution in [0.3, 0.4) is 0 Å². The van der Waals surface area contributed by atoms with E-state index in [4.69, 9.17) is 9.72 Å². The van der Waals surface area contributed by atoms with Crippen LogP contribution in [0.15, 0.2) is 54.6 Å². The second-order valence-electron chi connectivity index (χ2n) is 7.17. The fourth-order valence-electron chi connectivity index (χ4n) is 3.45. The zero-order chi connectivity index (χ0) is 19.2. The molecule has 4 nitrogen and oxygen atoms in total. The summed E-state index contributed by atoms with van der Waals surface area (Å²) in [5.41, 5.74) is 3.21. The quantitative estimate of drug-likeness (QED) is 0.574. The molecule has 3 rings (SSSR count). The Hall–Kier alpha value is -2.17. The summed E-state index contributed by atoms with van der Waals surface area (Å²) in [5.74, 6) is 1.38. The smallest absolute Gasteiger partial charge is 0.112 e. The summed E-state index contributed by atoms with van der Waals surface area (Å²) in [4.78, 5) is 4.81. The highest BCUT2D eigenvalue weighted by Crippen LogP contribution is 2.25. The molecule has 0 amide bonds. The molecule has 3 unspecified atom stereocenters. The molecule has 3 aromatic rings. The molecule has 0 aliphatic rings. The molecule has 0 saturated heterocycles. The number of aromatic nitrogens is 2. The molecule has 2 aromatic carbocycles. The first-order valence-corrected chi connectivity index (χ1v) is 9.93. The van der Waals surface area contributed by atoms with Crippen molar-refractivity contribution in [1.29, 1.82) is 0 Å². The van der Waals surface area contributed by atoms with Gasteiger partial charge in [0, 0.05) is 5.92 Å². The van der Waals surface area contributed by atoms with Gasteiger partial charge in [-0.1, -0.05) is 63.2 Å². The molecular formula is C23H30N2O2. The highest BCUT2D eigenvalue weighted by molar-refractivity contribution is 5.76. The summed E-state index contributed by atoms with van der Waals surface area (Å²) in [7, 11) is 0. The first-order valence-electron chi connectivity index (χ1n) is 9.93. The van der Waals surface area contributed by atoms with Crippen molar-refractivity contribution in [3.05, 3.63) is 66.0 Å². The SMILES string of the molecule is CCC(C)c1nc2ccccc2n1CC(O)COC(CC)c1ccccc1. The number of ether oxygens (including phenoxy) is 1. The second kappa shape index (κ2) is 9.16. The average molecular weight is 367 g/mol. The van der Waals surface area contributed by atoms with E-state index in [9.17, 15) is 5.11 Å². The Morgan fingerprint density at radius 3 is 2.41 bits per heavy atom. The number of hydrogen-bond acceptors (Lipinski definition) is 3. The zero-order valence-corrected chi connectivity index (χ0v) is 16.5. The van der Waals surface area contributed by atoms with Crippen molar-refractivity contribution in [2.75, 3.05) is 6.61 Å². The van der Waals surface area contributed by atoms with E-state index in [-0.39, 0.29) is 6.10 Å². The Morgan fingerprint density at radius 2 is 1.70 bits per heavy atom. The van der Waals surface area contributed by atoms with Crippen molar-refractivity contribution in [2.24, 2.45) is 0 Å². The molecule has 0 aliphatic heterocycles. The highest BCUT2D eigenvalue weighted by Gasteiger charge is 2.19. The van der Waals surface area contributed by atoms with Crippen LogP contribution in [0.25, 0.3) is 11.0 Å². The predicted molar refractivity (Wildman–Crippen MR) is 110 cm³/mol. The monoisotopic (exact) mass is 366 g/mol. The fraction of sp³-hybridized carbons (Fsp3) is 0.435. The van der Waals surface area contributed by atoms with Gasteiger partial charge in [0.2, 0.25) is 0 Å². The fourth-order valence-corrected chi connectivity index (χ4v) is 3.45. The first kappa shape index (κ1) is 19.6. The molecule has 0 saturated carbocycles. The van der Waals surface area contributed by atoms with Gasteiger partial charge in [-0.25, -0.2) is 4.98 Å². The van der Waals surface area contributed by atoms with E-state index in [1.807, 2.05) is 36.4 Å². The van der Waals surface area contributed by atoms with Gasteiger partial charge < -0.3 is 14.4 Å². The molecule has 27 heavy (non-hydrogen) atoms. The molecule has 0 spiro atoms. The van der Waals surface area contributed by atoms with Crippen molar-refractivity contribution in [3.63, 3.8) is 0 Å². The van der Waals surface area contributed by atoms with Crippen molar-refractivity contribution in [2.45, 2.75) is 58.3 Å². The lowest BCUT2D eigenvalue weighted by Gasteiger charge is -2.21. The number of aliphatic hydroxyl groups excluding tert-OH is 1. The molecule has 0 aliphatic carbocycles. The zero-order valence-electron chi connectivity index (χ0n) is 16.5. The van der Waals surface area contributed by atoms with Crippen LogP contribution in [0.1, 0.15) is 57.0 Å². The maximum absolute atomic E-state index is 10.7. The van der Waals surface area contributed by atoms with Crippen LogP contribution in [0.5, 0.6) is 0 Å². The average Bonchev–Trinajstić information content (AvgIpc) is 3.07.